The number of hydrogen-bond acceptors (Lipinski definition) is 2. The molecular weight excluding hydrogens is 402 g/mol. The van der Waals surface area contributed by atoms with Crippen LogP contribution in [0.5, 0.6) is 5.75 Å². The van der Waals surface area contributed by atoms with E-state index in [1.165, 1.54) is 0 Å². The Morgan fingerprint density at radius 3 is 2.50 bits per heavy atom. The van der Waals surface area contributed by atoms with E-state index in [1.807, 2.05) is 6.92 Å². The molecular formula is C11H12Br3NO. The molecule has 1 atom stereocenters. The highest BCUT2D eigenvalue weighted by molar-refractivity contribution is 9.11. The maximum atomic E-state index is 9.80. The summed E-state index contributed by atoms with van der Waals surface area (Å²) in [6.45, 7) is 5.77. The van der Waals surface area contributed by atoms with Crippen LogP contribution in [0.1, 0.15) is 24.9 Å². The lowest BCUT2D eigenvalue weighted by atomic mass is 10.0. The van der Waals surface area contributed by atoms with Gasteiger partial charge in [0, 0.05) is 16.1 Å². The van der Waals surface area contributed by atoms with E-state index >= 15 is 0 Å². The van der Waals surface area contributed by atoms with Gasteiger partial charge in [-0.25, -0.2) is 0 Å². The van der Waals surface area contributed by atoms with Gasteiger partial charge in [0.25, 0.3) is 0 Å². The number of rotatable bonds is 3. The van der Waals surface area contributed by atoms with Crippen molar-refractivity contribution in [1.29, 1.82) is 0 Å². The second-order valence-electron chi connectivity index (χ2n) is 3.68. The minimum Gasteiger partial charge on any atom is -0.506 e. The molecule has 0 radical (unpaired) electrons. The average molecular weight is 414 g/mol. The average Bonchev–Trinajstić information content (AvgIpc) is 2.13. The molecule has 0 aliphatic rings. The van der Waals surface area contributed by atoms with Gasteiger partial charge >= 0.3 is 0 Å². The molecule has 0 heterocycles. The second-order valence-corrected chi connectivity index (χ2v) is 6.19. The van der Waals surface area contributed by atoms with Crippen LogP contribution >= 0.6 is 47.8 Å². The Labute approximate surface area is 120 Å². The maximum Gasteiger partial charge on any atom is 0.144 e. The quantitative estimate of drug-likeness (QED) is 0.709. The van der Waals surface area contributed by atoms with Crippen molar-refractivity contribution in [3.8, 4) is 5.75 Å². The van der Waals surface area contributed by atoms with E-state index < -0.39 is 0 Å². The largest absolute Gasteiger partial charge is 0.506 e. The summed E-state index contributed by atoms with van der Waals surface area (Å²) in [5.41, 5.74) is 7.93. The summed E-state index contributed by atoms with van der Waals surface area (Å²) in [6, 6.07) is 1.59. The molecule has 0 fully saturated rings. The van der Waals surface area contributed by atoms with Crippen molar-refractivity contribution in [1.82, 2.24) is 0 Å². The molecule has 0 saturated carbocycles. The van der Waals surface area contributed by atoms with E-state index in [2.05, 4.69) is 54.4 Å². The zero-order valence-electron chi connectivity index (χ0n) is 8.73. The Morgan fingerprint density at radius 2 is 2.00 bits per heavy atom. The van der Waals surface area contributed by atoms with Crippen molar-refractivity contribution in [2.24, 2.45) is 5.73 Å². The number of hydrogen-bond donors (Lipinski definition) is 2. The van der Waals surface area contributed by atoms with Crippen molar-refractivity contribution in [3.05, 3.63) is 37.2 Å². The molecule has 0 spiro atoms. The van der Waals surface area contributed by atoms with Gasteiger partial charge in [0.15, 0.2) is 0 Å². The van der Waals surface area contributed by atoms with E-state index in [-0.39, 0.29) is 11.8 Å². The predicted octanol–water partition coefficient (Wildman–Crippen LogP) is 4.65. The van der Waals surface area contributed by atoms with Crippen molar-refractivity contribution in [2.45, 2.75) is 19.4 Å². The van der Waals surface area contributed by atoms with Gasteiger partial charge in [0.1, 0.15) is 5.75 Å². The molecule has 1 aromatic rings. The molecule has 0 aromatic heterocycles. The zero-order chi connectivity index (χ0) is 12.5. The van der Waals surface area contributed by atoms with Crippen LogP contribution in [-0.2, 0) is 0 Å². The molecule has 0 unspecified atom stereocenters. The van der Waals surface area contributed by atoms with Crippen molar-refractivity contribution >= 4 is 47.8 Å². The first-order chi connectivity index (χ1) is 7.34. The van der Waals surface area contributed by atoms with Gasteiger partial charge in [0.05, 0.1) is 8.95 Å². The minimum atomic E-state index is -0.194. The van der Waals surface area contributed by atoms with Crippen LogP contribution in [0.4, 0.5) is 0 Å². The molecule has 16 heavy (non-hydrogen) atoms. The van der Waals surface area contributed by atoms with Crippen molar-refractivity contribution < 1.29 is 5.11 Å². The molecule has 2 nitrogen and oxygen atoms in total. The van der Waals surface area contributed by atoms with Gasteiger partial charge in [0.2, 0.25) is 0 Å². The first-order valence-electron chi connectivity index (χ1n) is 4.61. The molecule has 0 amide bonds. The van der Waals surface area contributed by atoms with Crippen LogP contribution in [0, 0.1) is 0 Å². The van der Waals surface area contributed by atoms with Crippen molar-refractivity contribution in [3.63, 3.8) is 0 Å². The third-order valence-corrected chi connectivity index (χ3v) is 4.18. The first-order valence-corrected chi connectivity index (χ1v) is 6.98. The monoisotopic (exact) mass is 411 g/mol. The first kappa shape index (κ1) is 14.2. The van der Waals surface area contributed by atoms with E-state index in [0.29, 0.717) is 15.4 Å². The lowest BCUT2D eigenvalue weighted by molar-refractivity contribution is 0.466. The molecule has 0 bridgehead atoms. The minimum absolute atomic E-state index is 0.162. The molecule has 0 aliphatic heterocycles. The van der Waals surface area contributed by atoms with E-state index in [9.17, 15) is 5.11 Å². The second kappa shape index (κ2) is 5.67. The van der Waals surface area contributed by atoms with E-state index in [4.69, 9.17) is 5.73 Å². The summed E-state index contributed by atoms with van der Waals surface area (Å²) >= 11 is 10.1. The molecule has 1 rings (SSSR count). The molecule has 1 aromatic carbocycles. The molecule has 5 heteroatoms. The van der Waals surface area contributed by atoms with Crippen LogP contribution in [0.3, 0.4) is 0 Å². The fourth-order valence-corrected chi connectivity index (χ4v) is 4.12. The Kier molecular flexibility index (Phi) is 5.04. The van der Waals surface area contributed by atoms with Crippen LogP contribution in [-0.4, -0.2) is 5.11 Å². The van der Waals surface area contributed by atoms with Crippen molar-refractivity contribution in [2.75, 3.05) is 0 Å². The molecule has 88 valence electrons. The number of aromatic hydroxyl groups is 1. The smallest absolute Gasteiger partial charge is 0.144 e. The fraction of sp³-hybridized carbons (Fsp3) is 0.273. The Hall–Kier alpha value is 0.160. The van der Waals surface area contributed by atoms with Crippen LogP contribution in [0.2, 0.25) is 0 Å². The van der Waals surface area contributed by atoms with Crippen LogP contribution < -0.4 is 5.73 Å². The molecule has 3 N–H and O–H groups in total. The van der Waals surface area contributed by atoms with E-state index in [0.717, 1.165) is 15.6 Å². The Bertz CT molecular complexity index is 432. The molecule has 0 aliphatic carbocycles. The number of phenolic OH excluding ortho intramolecular Hbond substituents is 1. The number of benzene rings is 1. The number of phenols is 1. The summed E-state index contributed by atoms with van der Waals surface area (Å²) in [5, 5.41) is 9.80. The van der Waals surface area contributed by atoms with Gasteiger partial charge in [-0.15, -0.1) is 6.58 Å². The lowest BCUT2D eigenvalue weighted by Gasteiger charge is -2.17. The SMILES string of the molecule is C=C(C)C[C@@H](N)c1c(Br)cc(Br)c(O)c1Br. The molecule has 0 saturated heterocycles. The van der Waals surface area contributed by atoms with Crippen LogP contribution in [0.15, 0.2) is 31.6 Å². The lowest BCUT2D eigenvalue weighted by Crippen LogP contribution is -2.12. The predicted molar refractivity (Wildman–Crippen MR) is 77.6 cm³/mol. The van der Waals surface area contributed by atoms with E-state index in [1.54, 1.807) is 6.07 Å². The number of halogens is 3. The Balaban J connectivity index is 3.23. The number of nitrogens with two attached hydrogens (primary N) is 1. The summed E-state index contributed by atoms with van der Waals surface area (Å²) in [4.78, 5) is 0. The summed E-state index contributed by atoms with van der Waals surface area (Å²) < 4.78 is 2.10. The topological polar surface area (TPSA) is 46.2 Å². The van der Waals surface area contributed by atoms with Gasteiger partial charge in [-0.05, 0) is 51.3 Å². The highest BCUT2D eigenvalue weighted by Gasteiger charge is 2.18. The van der Waals surface area contributed by atoms with Crippen LogP contribution in [0.25, 0.3) is 0 Å². The highest BCUT2D eigenvalue weighted by atomic mass is 79.9. The third-order valence-electron chi connectivity index (χ3n) is 2.12. The summed E-state index contributed by atoms with van der Waals surface area (Å²) in [5.74, 6) is 0.162. The zero-order valence-corrected chi connectivity index (χ0v) is 13.5. The van der Waals surface area contributed by atoms with Gasteiger partial charge in [-0.2, -0.15) is 0 Å². The summed E-state index contributed by atoms with van der Waals surface area (Å²) in [6.07, 6.45) is 0.679. The van der Waals surface area contributed by atoms with Gasteiger partial charge < -0.3 is 10.8 Å². The standard InChI is InChI=1S/C11H12Br3NO/c1-5(2)3-8(15)9-6(12)4-7(13)11(16)10(9)14/h4,8,16H,1,3,15H2,2H3/t8-/m1/s1. The third kappa shape index (κ3) is 3.09. The van der Waals surface area contributed by atoms with Gasteiger partial charge in [-0.1, -0.05) is 21.5 Å². The van der Waals surface area contributed by atoms with Gasteiger partial charge in [-0.3, -0.25) is 0 Å². The normalized spacial score (nSPS) is 12.6. The highest BCUT2D eigenvalue weighted by Crippen LogP contribution is 2.42. The fourth-order valence-electron chi connectivity index (χ4n) is 1.41. The summed E-state index contributed by atoms with van der Waals surface area (Å²) in [7, 11) is 0. The maximum absolute atomic E-state index is 9.80. The Morgan fingerprint density at radius 1 is 1.44 bits per heavy atom.